The predicted molar refractivity (Wildman–Crippen MR) is 336 cm³/mol. The average Bonchev–Trinajstić information content (AvgIpc) is 1.54. The lowest BCUT2D eigenvalue weighted by atomic mass is 9.67. The van der Waals surface area contributed by atoms with Crippen molar-refractivity contribution in [2.45, 2.75) is 10.8 Å². The Balaban J connectivity index is 0.882. The summed E-state index contributed by atoms with van der Waals surface area (Å²) >= 11 is 0. The maximum absolute atomic E-state index is 15.5. The Hall–Kier alpha value is -10.8. The fourth-order valence-corrected chi connectivity index (χ4v) is 13.4. The summed E-state index contributed by atoms with van der Waals surface area (Å²) in [7, 11) is 0. The van der Waals surface area contributed by atoms with Gasteiger partial charge in [0.1, 0.15) is 11.6 Å². The van der Waals surface area contributed by atoms with E-state index in [9.17, 15) is 17.6 Å². The van der Waals surface area contributed by atoms with E-state index in [0.717, 1.165) is 102 Å². The molecule has 0 fully saturated rings. The molecular formula is C78H48F8N2. The molecule has 0 N–H and O–H groups in total. The monoisotopic (exact) mass is 1160 g/mol. The van der Waals surface area contributed by atoms with Gasteiger partial charge in [-0.1, -0.05) is 183 Å². The SMILES string of the molecule is C=Cc1ccc(C2(c3ccc(F)cc3)c3ccccc3-c3ccc(N(c4ccc(-c5ccc(N(c6cc(F)c(F)c(F)c6)c6ccc7c(c6)C(c6ccc(F)cc6)(c6ccc(C=C)cc6)c6ccccc6-7)cc5)cc4)c4cc(F)c(F)c(F)c4)cc32)cc1. The molecule has 0 amide bonds. The fourth-order valence-electron chi connectivity index (χ4n) is 13.4. The van der Waals surface area contributed by atoms with Crippen LogP contribution in [0.3, 0.4) is 0 Å². The van der Waals surface area contributed by atoms with Crippen LogP contribution in [0.5, 0.6) is 0 Å². The van der Waals surface area contributed by atoms with Crippen LogP contribution in [0.4, 0.5) is 69.2 Å². The van der Waals surface area contributed by atoms with E-state index in [0.29, 0.717) is 33.9 Å². The maximum Gasteiger partial charge on any atom is 0.194 e. The highest BCUT2D eigenvalue weighted by Crippen LogP contribution is 2.59. The highest BCUT2D eigenvalue weighted by atomic mass is 19.2. The first-order valence-corrected chi connectivity index (χ1v) is 28.4. The van der Waals surface area contributed by atoms with E-state index in [1.165, 1.54) is 24.3 Å². The zero-order valence-electron chi connectivity index (χ0n) is 46.7. The first-order chi connectivity index (χ1) is 42.8. The lowest BCUT2D eigenvalue weighted by Crippen LogP contribution is -2.29. The van der Waals surface area contributed by atoms with Gasteiger partial charge in [-0.2, -0.15) is 0 Å². The predicted octanol–water partition coefficient (Wildman–Crippen LogP) is 21.4. The Labute approximate surface area is 503 Å². The standard InChI is InChI=1S/C78H48F8N2/c1-3-47-13-21-51(22-14-47)77(53-25-29-55(79)30-26-53)67-11-7-5-9-63(67)65-39-37-59(41-69(65)77)87(61-43-71(81)75(85)72(82)44-61)57-33-17-49(18-34-57)50-19-35-58(36-20-50)88(62-45-73(83)76(86)74(84)46-62)60-38-40-66-64-10-6-8-12-68(64)78(70(66)42-60,54-27-31-56(80)32-28-54)52-23-15-48(4-2)16-24-52/h3-46H,1-2H2. The lowest BCUT2D eigenvalue weighted by molar-refractivity contribution is 0.447. The molecule has 2 unspecified atom stereocenters. The molecule has 14 rings (SSSR count). The Morgan fingerprint density at radius 3 is 0.898 bits per heavy atom. The molecule has 0 bridgehead atoms. The molecule has 88 heavy (non-hydrogen) atoms. The second kappa shape index (κ2) is 21.6. The summed E-state index contributed by atoms with van der Waals surface area (Å²) in [6, 6.07) is 74.4. The molecule has 12 aromatic rings. The zero-order chi connectivity index (χ0) is 60.6. The molecule has 426 valence electrons. The number of nitrogens with zero attached hydrogens (tertiary/aromatic N) is 2. The molecule has 0 spiro atoms. The molecule has 0 aromatic heterocycles. The van der Waals surface area contributed by atoms with Crippen molar-refractivity contribution in [1.82, 2.24) is 0 Å². The van der Waals surface area contributed by atoms with E-state index in [1.54, 1.807) is 70.5 Å². The van der Waals surface area contributed by atoms with E-state index in [1.807, 2.05) is 158 Å². The quantitative estimate of drug-likeness (QED) is 0.0839. The minimum absolute atomic E-state index is 0.00335. The second-order valence-electron chi connectivity index (χ2n) is 21.9. The highest BCUT2D eigenvalue weighted by molar-refractivity contribution is 5.92. The molecule has 0 heterocycles. The van der Waals surface area contributed by atoms with Crippen LogP contribution in [0.25, 0.3) is 45.5 Å². The van der Waals surface area contributed by atoms with Gasteiger partial charge in [0.2, 0.25) is 0 Å². The van der Waals surface area contributed by atoms with E-state index >= 15 is 17.6 Å². The number of hydrogen-bond donors (Lipinski definition) is 0. The molecule has 2 aliphatic carbocycles. The minimum atomic E-state index is -1.62. The molecule has 0 radical (unpaired) electrons. The van der Waals surface area contributed by atoms with Crippen LogP contribution in [-0.2, 0) is 10.8 Å². The first kappa shape index (κ1) is 55.1. The average molecular weight is 1170 g/mol. The number of anilines is 6. The second-order valence-corrected chi connectivity index (χ2v) is 21.9. The molecule has 10 heteroatoms. The topological polar surface area (TPSA) is 6.48 Å². The van der Waals surface area contributed by atoms with Gasteiger partial charge in [0.05, 0.1) is 22.2 Å². The summed E-state index contributed by atoms with van der Waals surface area (Å²) < 4.78 is 121. The van der Waals surface area contributed by atoms with Crippen molar-refractivity contribution < 1.29 is 35.1 Å². The molecule has 0 aliphatic heterocycles. The van der Waals surface area contributed by atoms with Gasteiger partial charge in [-0.3, -0.25) is 0 Å². The van der Waals surface area contributed by atoms with E-state index < -0.39 is 57.4 Å². The van der Waals surface area contributed by atoms with Crippen molar-refractivity contribution in [2.24, 2.45) is 0 Å². The number of halogens is 8. The molecule has 2 aliphatic rings. The summed E-state index contributed by atoms with van der Waals surface area (Å²) in [6.07, 6.45) is 3.50. The number of fused-ring (bicyclic) bond motifs is 6. The van der Waals surface area contributed by atoms with Crippen LogP contribution in [0.15, 0.2) is 268 Å². The van der Waals surface area contributed by atoms with Gasteiger partial charge in [0, 0.05) is 47.0 Å². The number of rotatable bonds is 13. The first-order valence-electron chi connectivity index (χ1n) is 28.4. The zero-order valence-corrected chi connectivity index (χ0v) is 46.7. The third-order valence-electron chi connectivity index (χ3n) is 17.3. The molecule has 2 nitrogen and oxygen atoms in total. The maximum atomic E-state index is 15.5. The van der Waals surface area contributed by atoms with Crippen LogP contribution in [0.2, 0.25) is 0 Å². The molecular weight excluding hydrogens is 1120 g/mol. The third kappa shape index (κ3) is 8.77. The van der Waals surface area contributed by atoms with Gasteiger partial charge in [0.25, 0.3) is 0 Å². The lowest BCUT2D eigenvalue weighted by Gasteiger charge is -2.35. The Bertz CT molecular complexity index is 4390. The smallest absolute Gasteiger partial charge is 0.194 e. The van der Waals surface area contributed by atoms with Crippen LogP contribution in [0.1, 0.15) is 55.6 Å². The summed E-state index contributed by atoms with van der Waals surface area (Å²) in [5.74, 6) is -9.59. The minimum Gasteiger partial charge on any atom is -0.310 e. The van der Waals surface area contributed by atoms with E-state index in [-0.39, 0.29) is 11.4 Å². The van der Waals surface area contributed by atoms with Gasteiger partial charge in [-0.25, -0.2) is 35.1 Å². The van der Waals surface area contributed by atoms with E-state index in [2.05, 4.69) is 13.2 Å². The summed E-state index contributed by atoms with van der Waals surface area (Å²) in [5.41, 5.74) is 13.5. The van der Waals surface area contributed by atoms with Crippen molar-refractivity contribution >= 4 is 46.3 Å². The van der Waals surface area contributed by atoms with Crippen molar-refractivity contribution in [3.05, 3.63) is 370 Å². The Morgan fingerprint density at radius 2 is 0.568 bits per heavy atom. The van der Waals surface area contributed by atoms with Crippen LogP contribution in [0, 0.1) is 46.5 Å². The molecule has 2 atom stereocenters. The van der Waals surface area contributed by atoms with Crippen molar-refractivity contribution in [3.8, 4) is 33.4 Å². The largest absolute Gasteiger partial charge is 0.310 e. The Kier molecular flexibility index (Phi) is 13.5. The molecule has 0 saturated carbocycles. The fraction of sp³-hybridized carbons (Fsp3) is 0.0256. The van der Waals surface area contributed by atoms with Crippen molar-refractivity contribution in [3.63, 3.8) is 0 Å². The van der Waals surface area contributed by atoms with Gasteiger partial charge < -0.3 is 9.80 Å². The van der Waals surface area contributed by atoms with Gasteiger partial charge in [-0.05, 0) is 162 Å². The van der Waals surface area contributed by atoms with E-state index in [4.69, 9.17) is 0 Å². The number of benzene rings is 12. The van der Waals surface area contributed by atoms with Crippen molar-refractivity contribution in [1.29, 1.82) is 0 Å². The normalized spacial score (nSPS) is 15.2. The third-order valence-corrected chi connectivity index (χ3v) is 17.3. The highest BCUT2D eigenvalue weighted by Gasteiger charge is 2.48. The van der Waals surface area contributed by atoms with Gasteiger partial charge in [-0.15, -0.1) is 0 Å². The molecule has 12 aromatic carbocycles. The van der Waals surface area contributed by atoms with Gasteiger partial charge in [0.15, 0.2) is 34.9 Å². The summed E-state index contributed by atoms with van der Waals surface area (Å²) in [4.78, 5) is 3.29. The van der Waals surface area contributed by atoms with Gasteiger partial charge >= 0.3 is 0 Å². The Morgan fingerprint density at radius 1 is 0.273 bits per heavy atom. The van der Waals surface area contributed by atoms with Crippen molar-refractivity contribution in [2.75, 3.05) is 9.80 Å². The summed E-state index contributed by atoms with van der Waals surface area (Å²) in [6.45, 7) is 7.91. The van der Waals surface area contributed by atoms with Crippen LogP contribution < -0.4 is 9.80 Å². The molecule has 0 saturated heterocycles. The van der Waals surface area contributed by atoms with Crippen LogP contribution in [-0.4, -0.2) is 0 Å². The van der Waals surface area contributed by atoms with Crippen LogP contribution >= 0.6 is 0 Å². The number of hydrogen-bond acceptors (Lipinski definition) is 2. The summed E-state index contributed by atoms with van der Waals surface area (Å²) in [5, 5.41) is 0.